The van der Waals surface area contributed by atoms with Gasteiger partial charge in [0.15, 0.2) is 5.13 Å². The van der Waals surface area contributed by atoms with Crippen molar-refractivity contribution in [1.82, 2.24) is 14.8 Å². The monoisotopic (exact) mass is 382 g/mol. The van der Waals surface area contributed by atoms with E-state index in [2.05, 4.69) is 15.4 Å². The van der Waals surface area contributed by atoms with Crippen LogP contribution in [0.5, 0.6) is 5.75 Å². The molecule has 2 aromatic heterocycles. The molecule has 0 saturated heterocycles. The number of carboxylic acid groups (broad SMARTS) is 1. The lowest BCUT2D eigenvalue weighted by atomic mass is 10.2. The van der Waals surface area contributed by atoms with Crippen LogP contribution in [0.3, 0.4) is 0 Å². The van der Waals surface area contributed by atoms with Crippen LogP contribution in [0, 0.1) is 0 Å². The first-order valence-electron chi connectivity index (χ1n) is 7.97. The summed E-state index contributed by atoms with van der Waals surface area (Å²) in [5.74, 6) is 0.765. The van der Waals surface area contributed by atoms with Crippen molar-refractivity contribution < 1.29 is 14.6 Å². The molecule has 8 nitrogen and oxygen atoms in total. The first-order chi connectivity index (χ1) is 13.0. The van der Waals surface area contributed by atoms with Crippen LogP contribution in [0.25, 0.3) is 21.1 Å². The fraction of sp³-hybridized carbons (Fsp3) is 0.111. The van der Waals surface area contributed by atoms with E-state index >= 15 is 0 Å². The van der Waals surface area contributed by atoms with Crippen LogP contribution in [0.15, 0.2) is 47.4 Å². The maximum Gasteiger partial charge on any atom is 0.410 e. The maximum absolute atomic E-state index is 12.4. The van der Waals surface area contributed by atoms with Gasteiger partial charge in [0.1, 0.15) is 11.3 Å². The highest BCUT2D eigenvalue weighted by atomic mass is 32.1. The minimum atomic E-state index is -1.19. The molecule has 0 bridgehead atoms. The summed E-state index contributed by atoms with van der Waals surface area (Å²) in [6.07, 6.45) is 0.572. The summed E-state index contributed by atoms with van der Waals surface area (Å²) in [4.78, 5) is 27.6. The Morgan fingerprint density at radius 1 is 1.22 bits per heavy atom. The number of rotatable bonds is 4. The molecular formula is C18H14N4O4S. The average Bonchev–Trinajstić information content (AvgIpc) is 3.21. The summed E-state index contributed by atoms with van der Waals surface area (Å²) in [5.41, 5.74) is 1.63. The number of aromatic nitrogens is 3. The van der Waals surface area contributed by atoms with E-state index in [0.717, 1.165) is 11.3 Å². The summed E-state index contributed by atoms with van der Waals surface area (Å²) in [7, 11) is 1.61. The lowest BCUT2D eigenvalue weighted by molar-refractivity contribution is 0.209. The van der Waals surface area contributed by atoms with Crippen molar-refractivity contribution >= 4 is 43.7 Å². The van der Waals surface area contributed by atoms with Gasteiger partial charge in [-0.15, -0.1) is 0 Å². The first-order valence-corrected chi connectivity index (χ1v) is 8.79. The molecule has 0 unspecified atom stereocenters. The topological polar surface area (TPSA) is 106 Å². The second-order valence-electron chi connectivity index (χ2n) is 5.80. The van der Waals surface area contributed by atoms with E-state index in [4.69, 9.17) is 9.84 Å². The Morgan fingerprint density at radius 3 is 2.70 bits per heavy atom. The second kappa shape index (κ2) is 6.69. The third-order valence-electron chi connectivity index (χ3n) is 4.01. The Kier molecular flexibility index (Phi) is 4.21. The minimum Gasteiger partial charge on any atom is -0.497 e. The molecule has 2 aromatic carbocycles. The van der Waals surface area contributed by atoms with Crippen molar-refractivity contribution in [2.45, 2.75) is 6.54 Å². The molecule has 0 saturated carbocycles. The highest BCUT2D eigenvalue weighted by Crippen LogP contribution is 2.29. The molecule has 0 aliphatic carbocycles. The Hall–Kier alpha value is -3.46. The number of methoxy groups -OCH3 is 1. The Labute approximate surface area is 156 Å². The van der Waals surface area contributed by atoms with Gasteiger partial charge < -0.3 is 9.84 Å². The number of amides is 1. The van der Waals surface area contributed by atoms with Crippen LogP contribution >= 0.6 is 11.3 Å². The predicted molar refractivity (Wildman–Crippen MR) is 103 cm³/mol. The third kappa shape index (κ3) is 3.32. The molecule has 9 heteroatoms. The molecule has 4 rings (SSSR count). The van der Waals surface area contributed by atoms with Crippen LogP contribution < -0.4 is 15.5 Å². The van der Waals surface area contributed by atoms with Crippen LogP contribution in [-0.4, -0.2) is 33.1 Å². The molecule has 0 spiro atoms. The number of ether oxygens (including phenoxy) is 1. The van der Waals surface area contributed by atoms with Crippen LogP contribution in [0.2, 0.25) is 0 Å². The summed E-state index contributed by atoms with van der Waals surface area (Å²) >= 11 is 1.17. The van der Waals surface area contributed by atoms with Gasteiger partial charge in [-0.3, -0.25) is 14.8 Å². The summed E-state index contributed by atoms with van der Waals surface area (Å²) < 4.78 is 7.53. The third-order valence-corrected chi connectivity index (χ3v) is 4.94. The van der Waals surface area contributed by atoms with Crippen molar-refractivity contribution in [1.29, 1.82) is 0 Å². The van der Waals surface area contributed by atoms with Crippen LogP contribution in [0.1, 0.15) is 5.56 Å². The lowest BCUT2D eigenvalue weighted by Gasteiger charge is -2.03. The maximum atomic E-state index is 12.4. The predicted octanol–water partition coefficient (Wildman–Crippen LogP) is 3.15. The number of fused-ring (bicyclic) bond motifs is 3. The molecule has 2 N–H and O–H groups in total. The van der Waals surface area contributed by atoms with E-state index in [1.165, 1.54) is 17.4 Å². The molecule has 0 atom stereocenters. The molecule has 27 heavy (non-hydrogen) atoms. The largest absolute Gasteiger partial charge is 0.497 e. The smallest absolute Gasteiger partial charge is 0.410 e. The molecule has 0 aliphatic rings. The van der Waals surface area contributed by atoms with E-state index in [1.54, 1.807) is 24.1 Å². The van der Waals surface area contributed by atoms with Crippen molar-refractivity contribution in [2.75, 3.05) is 12.4 Å². The fourth-order valence-corrected chi connectivity index (χ4v) is 3.66. The number of carbonyl (C=O) groups is 1. The summed E-state index contributed by atoms with van der Waals surface area (Å²) in [6, 6.07) is 10.6. The quantitative estimate of drug-likeness (QED) is 0.562. The second-order valence-corrected chi connectivity index (χ2v) is 6.83. The Morgan fingerprint density at radius 2 is 2.00 bits per heavy atom. The number of benzene rings is 1. The van der Waals surface area contributed by atoms with E-state index in [1.807, 2.05) is 24.3 Å². The number of hydrogen-bond acceptors (Lipinski definition) is 6. The van der Waals surface area contributed by atoms with Crippen LogP contribution in [0.4, 0.5) is 9.93 Å². The van der Waals surface area contributed by atoms with E-state index in [-0.39, 0.29) is 10.6 Å². The summed E-state index contributed by atoms with van der Waals surface area (Å²) in [5, 5.41) is 16.4. The molecular weight excluding hydrogens is 368 g/mol. The van der Waals surface area contributed by atoms with Gasteiger partial charge in [0.2, 0.25) is 5.43 Å². The van der Waals surface area contributed by atoms with Crippen molar-refractivity contribution in [3.63, 3.8) is 0 Å². The summed E-state index contributed by atoms with van der Waals surface area (Å²) in [6.45, 7) is 0.480. The highest BCUT2D eigenvalue weighted by molar-refractivity contribution is 7.22. The van der Waals surface area contributed by atoms with E-state index in [0.29, 0.717) is 27.7 Å². The van der Waals surface area contributed by atoms with Gasteiger partial charge in [-0.1, -0.05) is 23.5 Å². The number of thiazole rings is 1. The zero-order valence-electron chi connectivity index (χ0n) is 14.2. The zero-order valence-corrected chi connectivity index (χ0v) is 15.0. The van der Waals surface area contributed by atoms with Gasteiger partial charge in [0.05, 0.1) is 29.3 Å². The number of anilines is 1. The van der Waals surface area contributed by atoms with E-state index in [9.17, 15) is 9.59 Å². The minimum absolute atomic E-state index is 0.212. The molecule has 4 aromatic rings. The highest BCUT2D eigenvalue weighted by Gasteiger charge is 2.13. The van der Waals surface area contributed by atoms with Crippen LogP contribution in [-0.2, 0) is 6.54 Å². The van der Waals surface area contributed by atoms with Crippen molar-refractivity contribution in [2.24, 2.45) is 0 Å². The number of nitrogens with zero attached hydrogens (tertiary/aromatic N) is 3. The van der Waals surface area contributed by atoms with Crippen molar-refractivity contribution in [3.05, 3.63) is 58.4 Å². The Balaban J connectivity index is 1.80. The molecule has 0 fully saturated rings. The lowest BCUT2D eigenvalue weighted by Crippen LogP contribution is -2.06. The van der Waals surface area contributed by atoms with E-state index < -0.39 is 6.09 Å². The van der Waals surface area contributed by atoms with Gasteiger partial charge >= 0.3 is 6.09 Å². The van der Waals surface area contributed by atoms with Gasteiger partial charge in [-0.05, 0) is 29.8 Å². The molecule has 136 valence electrons. The number of hydrogen-bond donors (Lipinski definition) is 2. The number of nitrogens with one attached hydrogen (secondary N) is 1. The Bertz CT molecular complexity index is 1210. The molecule has 2 heterocycles. The molecule has 1 amide bonds. The molecule has 0 aliphatic heterocycles. The first kappa shape index (κ1) is 17.0. The average molecular weight is 382 g/mol. The van der Waals surface area contributed by atoms with Gasteiger partial charge in [0, 0.05) is 6.20 Å². The normalized spacial score (nSPS) is 11.0. The molecule has 0 radical (unpaired) electrons. The zero-order chi connectivity index (χ0) is 19.0. The SMILES string of the molecule is COc1ccc(Cn2cc3c(n2)c(=O)ccc2sc(NC(=O)O)nc23)cc1. The fourth-order valence-electron chi connectivity index (χ4n) is 2.79. The van der Waals surface area contributed by atoms with Gasteiger partial charge in [-0.25, -0.2) is 9.78 Å². The van der Waals surface area contributed by atoms with Gasteiger partial charge in [-0.2, -0.15) is 5.10 Å². The standard InChI is InChI=1S/C18H14N4O4S/c1-26-11-4-2-10(3-5-11)8-22-9-12-15(21-22)13(23)6-7-14-16(12)19-17(27-14)20-18(24)25/h2-7,9H,8H2,1H3,(H,19,20)(H,24,25). The van der Waals surface area contributed by atoms with Gasteiger partial charge in [0.25, 0.3) is 0 Å². The van der Waals surface area contributed by atoms with Crippen molar-refractivity contribution in [3.8, 4) is 5.75 Å².